The van der Waals surface area contributed by atoms with E-state index in [4.69, 9.17) is 0 Å². The molecule has 2 heterocycles. The fourth-order valence-electron chi connectivity index (χ4n) is 5.32. The van der Waals surface area contributed by atoms with Gasteiger partial charge in [0.25, 0.3) is 0 Å². The van der Waals surface area contributed by atoms with E-state index in [0.717, 1.165) is 11.8 Å². The predicted molar refractivity (Wildman–Crippen MR) is 88.2 cm³/mol. The zero-order chi connectivity index (χ0) is 14.1. The first kappa shape index (κ1) is 13.8. The van der Waals surface area contributed by atoms with E-state index < -0.39 is 0 Å². The first-order valence-electron chi connectivity index (χ1n) is 9.17. The van der Waals surface area contributed by atoms with Crippen LogP contribution in [0.2, 0.25) is 0 Å². The Morgan fingerprint density at radius 2 is 1.33 bits per heavy atom. The smallest absolute Gasteiger partial charge is 0.0460 e. The molecule has 0 atom stereocenters. The van der Waals surface area contributed by atoms with Crippen LogP contribution in [0.5, 0.6) is 0 Å². The molecule has 114 valence electrons. The predicted octanol–water partition coefficient (Wildman–Crippen LogP) is 4.97. The molecule has 2 bridgehead atoms. The van der Waals surface area contributed by atoms with E-state index in [1.165, 1.54) is 70.9 Å². The lowest BCUT2D eigenvalue weighted by atomic mass is 9.75. The van der Waals surface area contributed by atoms with Crippen LogP contribution >= 0.6 is 0 Å². The van der Waals surface area contributed by atoms with E-state index in [2.05, 4.69) is 35.2 Å². The van der Waals surface area contributed by atoms with E-state index in [-0.39, 0.29) is 0 Å². The number of hydrogen-bond donors (Lipinski definition) is 0. The molecule has 1 aromatic rings. The second-order valence-electron chi connectivity index (χ2n) is 7.75. The van der Waals surface area contributed by atoms with Gasteiger partial charge < -0.3 is 0 Å². The van der Waals surface area contributed by atoms with Crippen molar-refractivity contribution in [2.24, 2.45) is 11.8 Å². The quantitative estimate of drug-likeness (QED) is 0.741. The van der Waals surface area contributed by atoms with E-state index in [0.29, 0.717) is 5.54 Å². The largest absolute Gasteiger partial charge is 0.293 e. The summed E-state index contributed by atoms with van der Waals surface area (Å²) < 4.78 is 0. The van der Waals surface area contributed by atoms with Crippen molar-refractivity contribution in [2.45, 2.75) is 63.3 Å². The van der Waals surface area contributed by atoms with Gasteiger partial charge in [0.15, 0.2) is 0 Å². The molecule has 2 aliphatic carbocycles. The van der Waals surface area contributed by atoms with Gasteiger partial charge in [0, 0.05) is 18.6 Å². The topological polar surface area (TPSA) is 3.24 Å². The highest BCUT2D eigenvalue weighted by atomic mass is 15.2. The third kappa shape index (κ3) is 2.54. The van der Waals surface area contributed by atoms with E-state index in [1.807, 2.05) is 0 Å². The normalized spacial score (nSPS) is 32.8. The number of benzene rings is 1. The average Bonchev–Trinajstić information content (AvgIpc) is 2.90. The summed E-state index contributed by atoms with van der Waals surface area (Å²) in [5, 5.41) is 0. The van der Waals surface area contributed by atoms with Gasteiger partial charge in [-0.25, -0.2) is 0 Å². The molecule has 1 nitrogen and oxygen atoms in total. The van der Waals surface area contributed by atoms with Crippen molar-refractivity contribution in [1.29, 1.82) is 0 Å². The van der Waals surface area contributed by atoms with Gasteiger partial charge in [-0.3, -0.25) is 4.90 Å². The van der Waals surface area contributed by atoms with E-state index >= 15 is 0 Å². The Morgan fingerprint density at radius 1 is 0.762 bits per heavy atom. The summed E-state index contributed by atoms with van der Waals surface area (Å²) >= 11 is 0. The third-order valence-electron chi connectivity index (χ3n) is 6.52. The molecule has 0 unspecified atom stereocenters. The second-order valence-corrected chi connectivity index (χ2v) is 7.75. The zero-order valence-electron chi connectivity index (χ0n) is 13.3. The summed E-state index contributed by atoms with van der Waals surface area (Å²) in [4.78, 5) is 2.94. The summed E-state index contributed by atoms with van der Waals surface area (Å²) in [5.41, 5.74) is 1.97. The lowest BCUT2D eigenvalue weighted by molar-refractivity contribution is 0.0378. The fraction of sp³-hybridized carbons (Fsp3) is 0.700. The lowest BCUT2D eigenvalue weighted by Gasteiger charge is -2.47. The Bertz CT molecular complexity index is 438. The van der Waals surface area contributed by atoms with Gasteiger partial charge >= 0.3 is 0 Å². The lowest BCUT2D eigenvalue weighted by Crippen LogP contribution is -2.49. The molecule has 0 radical (unpaired) electrons. The molecule has 5 rings (SSSR count). The van der Waals surface area contributed by atoms with Crippen LogP contribution in [0.4, 0.5) is 0 Å². The van der Waals surface area contributed by atoms with Crippen molar-refractivity contribution in [3.63, 3.8) is 0 Å². The van der Waals surface area contributed by atoms with Gasteiger partial charge in [0.05, 0.1) is 0 Å². The Morgan fingerprint density at radius 3 is 1.90 bits per heavy atom. The van der Waals surface area contributed by atoms with Gasteiger partial charge in [-0.05, 0) is 55.9 Å². The Hall–Kier alpha value is -0.820. The van der Waals surface area contributed by atoms with Crippen molar-refractivity contribution in [1.82, 2.24) is 4.90 Å². The molecule has 2 aliphatic heterocycles. The molecular formula is C20H29N. The third-order valence-corrected chi connectivity index (χ3v) is 6.52. The molecule has 2 saturated carbocycles. The van der Waals surface area contributed by atoms with Crippen LogP contribution in [0, 0.1) is 11.8 Å². The molecule has 0 spiro atoms. The minimum absolute atomic E-state index is 0.366. The standard InChI is InChI=1S/C20H29N/c1-3-7-19(8-4-1)20(13-5-2-6-14-20)21-15-17-9-10-18(16-21)12-11-17/h1,3-4,7-8,17-18H,2,5-6,9-16H2. The van der Waals surface area contributed by atoms with Gasteiger partial charge in [-0.1, -0.05) is 49.6 Å². The molecule has 4 fully saturated rings. The highest BCUT2D eigenvalue weighted by molar-refractivity contribution is 5.25. The fourth-order valence-corrected chi connectivity index (χ4v) is 5.32. The van der Waals surface area contributed by atoms with E-state index in [1.54, 1.807) is 5.56 Å². The molecule has 2 saturated heterocycles. The van der Waals surface area contributed by atoms with Crippen LogP contribution in [0.3, 0.4) is 0 Å². The van der Waals surface area contributed by atoms with Crippen LogP contribution in [0.25, 0.3) is 0 Å². The maximum atomic E-state index is 2.94. The zero-order valence-corrected chi connectivity index (χ0v) is 13.3. The number of fused-ring (bicyclic) bond motifs is 4. The van der Waals surface area contributed by atoms with Crippen LogP contribution < -0.4 is 0 Å². The van der Waals surface area contributed by atoms with Crippen LogP contribution in [-0.2, 0) is 5.54 Å². The van der Waals surface area contributed by atoms with Crippen LogP contribution in [0.1, 0.15) is 63.4 Å². The maximum absolute atomic E-state index is 2.94. The van der Waals surface area contributed by atoms with Crippen molar-refractivity contribution in [3.05, 3.63) is 35.9 Å². The number of nitrogens with zero attached hydrogens (tertiary/aromatic N) is 1. The average molecular weight is 283 g/mol. The maximum Gasteiger partial charge on any atom is 0.0460 e. The summed E-state index contributed by atoms with van der Waals surface area (Å²) in [5.74, 6) is 1.96. The number of rotatable bonds is 2. The van der Waals surface area contributed by atoms with Gasteiger partial charge in [0.1, 0.15) is 0 Å². The van der Waals surface area contributed by atoms with Crippen molar-refractivity contribution in [3.8, 4) is 0 Å². The first-order valence-corrected chi connectivity index (χ1v) is 9.17. The summed E-state index contributed by atoms with van der Waals surface area (Å²) in [6.07, 6.45) is 13.0. The molecular weight excluding hydrogens is 254 g/mol. The van der Waals surface area contributed by atoms with Crippen molar-refractivity contribution < 1.29 is 0 Å². The molecule has 0 aromatic heterocycles. The highest BCUT2D eigenvalue weighted by Gasteiger charge is 2.43. The monoisotopic (exact) mass is 283 g/mol. The Labute approximate surface area is 129 Å². The minimum Gasteiger partial charge on any atom is -0.293 e. The molecule has 1 aromatic carbocycles. The molecule has 0 N–H and O–H groups in total. The first-order chi connectivity index (χ1) is 10.4. The molecule has 4 aliphatic rings. The molecule has 1 heteroatoms. The van der Waals surface area contributed by atoms with E-state index in [9.17, 15) is 0 Å². The van der Waals surface area contributed by atoms with Crippen LogP contribution in [0.15, 0.2) is 30.3 Å². The Kier molecular flexibility index (Phi) is 3.79. The second kappa shape index (κ2) is 5.76. The number of hydrogen-bond acceptors (Lipinski definition) is 1. The van der Waals surface area contributed by atoms with Gasteiger partial charge in [-0.15, -0.1) is 0 Å². The highest BCUT2D eigenvalue weighted by Crippen LogP contribution is 2.46. The van der Waals surface area contributed by atoms with Crippen molar-refractivity contribution in [2.75, 3.05) is 13.1 Å². The summed E-state index contributed by atoms with van der Waals surface area (Å²) in [7, 11) is 0. The summed E-state index contributed by atoms with van der Waals surface area (Å²) in [6.45, 7) is 2.73. The minimum atomic E-state index is 0.366. The molecule has 21 heavy (non-hydrogen) atoms. The SMILES string of the molecule is c1ccc(C2(N3CC4CCC(CC4)C3)CCCCC2)cc1. The summed E-state index contributed by atoms with van der Waals surface area (Å²) in [6, 6.07) is 11.5. The van der Waals surface area contributed by atoms with Gasteiger partial charge in [0.2, 0.25) is 0 Å². The Balaban J connectivity index is 1.69. The van der Waals surface area contributed by atoms with Crippen LogP contribution in [-0.4, -0.2) is 18.0 Å². The molecule has 0 amide bonds. The van der Waals surface area contributed by atoms with Gasteiger partial charge in [-0.2, -0.15) is 0 Å². The van der Waals surface area contributed by atoms with Crippen molar-refractivity contribution >= 4 is 0 Å².